The van der Waals surface area contributed by atoms with Crippen LogP contribution in [0.4, 0.5) is 4.39 Å². The van der Waals surface area contributed by atoms with Crippen molar-refractivity contribution in [3.63, 3.8) is 0 Å². The number of rotatable bonds is 5. The van der Waals surface area contributed by atoms with E-state index in [1.807, 2.05) is 6.92 Å². The summed E-state index contributed by atoms with van der Waals surface area (Å²) in [5.74, 6) is -0.241. The summed E-state index contributed by atoms with van der Waals surface area (Å²) < 4.78 is 14.4. The van der Waals surface area contributed by atoms with Crippen LogP contribution in [0.1, 0.15) is 36.2 Å². The minimum Gasteiger partial charge on any atom is -0.291 e. The molecule has 3 rings (SSSR count). The van der Waals surface area contributed by atoms with Crippen LogP contribution in [-0.4, -0.2) is 26.0 Å². The lowest BCUT2D eigenvalue weighted by Gasteiger charge is -2.27. The molecule has 0 fully saturated rings. The SMILES string of the molecule is CCN(Cc1cc(=O)n2nc(C)sc2n1)[C@H](C)c1ccc(F)cc1. The van der Waals surface area contributed by atoms with Gasteiger partial charge in [0.1, 0.15) is 10.8 Å². The molecule has 0 bridgehead atoms. The smallest absolute Gasteiger partial charge is 0.275 e. The van der Waals surface area contributed by atoms with Crippen molar-refractivity contribution in [1.82, 2.24) is 19.5 Å². The van der Waals surface area contributed by atoms with Crippen molar-refractivity contribution in [1.29, 1.82) is 0 Å². The molecule has 0 saturated heterocycles. The van der Waals surface area contributed by atoms with E-state index in [0.717, 1.165) is 22.8 Å². The Morgan fingerprint density at radius 2 is 2.04 bits per heavy atom. The third kappa shape index (κ3) is 3.37. The van der Waals surface area contributed by atoms with Crippen LogP contribution in [0.2, 0.25) is 0 Å². The van der Waals surface area contributed by atoms with E-state index in [0.29, 0.717) is 11.5 Å². The minimum absolute atomic E-state index is 0.0963. The van der Waals surface area contributed by atoms with E-state index in [-0.39, 0.29) is 17.4 Å². The quantitative estimate of drug-likeness (QED) is 0.712. The molecule has 0 unspecified atom stereocenters. The molecule has 0 amide bonds. The molecule has 0 saturated carbocycles. The molecule has 0 aliphatic carbocycles. The van der Waals surface area contributed by atoms with Crippen LogP contribution in [0.5, 0.6) is 0 Å². The van der Waals surface area contributed by atoms with Gasteiger partial charge in [0.05, 0.1) is 5.69 Å². The van der Waals surface area contributed by atoms with E-state index in [2.05, 4.69) is 28.8 Å². The summed E-state index contributed by atoms with van der Waals surface area (Å²) in [6, 6.07) is 8.15. The van der Waals surface area contributed by atoms with Gasteiger partial charge in [-0.2, -0.15) is 9.61 Å². The average molecular weight is 346 g/mol. The third-order valence-corrected chi connectivity index (χ3v) is 4.89. The second kappa shape index (κ2) is 6.78. The fourth-order valence-corrected chi connectivity index (χ4v) is 3.48. The number of hydrogen-bond donors (Lipinski definition) is 0. The van der Waals surface area contributed by atoms with E-state index in [4.69, 9.17) is 0 Å². The predicted octanol–water partition coefficient (Wildman–Crippen LogP) is 3.18. The van der Waals surface area contributed by atoms with Crippen molar-refractivity contribution in [2.75, 3.05) is 6.54 Å². The number of aromatic nitrogens is 3. The first kappa shape index (κ1) is 16.7. The normalized spacial score (nSPS) is 12.9. The zero-order valence-electron chi connectivity index (χ0n) is 13.9. The lowest BCUT2D eigenvalue weighted by molar-refractivity contribution is 0.210. The lowest BCUT2D eigenvalue weighted by Crippen LogP contribution is -2.28. The molecule has 0 N–H and O–H groups in total. The summed E-state index contributed by atoms with van der Waals surface area (Å²) in [6.45, 7) is 7.33. The van der Waals surface area contributed by atoms with E-state index in [1.54, 1.807) is 12.1 Å². The van der Waals surface area contributed by atoms with Gasteiger partial charge in [0.15, 0.2) is 0 Å². The molecule has 0 aliphatic heterocycles. The zero-order chi connectivity index (χ0) is 17.3. The average Bonchev–Trinajstić information content (AvgIpc) is 2.93. The van der Waals surface area contributed by atoms with Gasteiger partial charge in [0, 0.05) is 18.7 Å². The maximum Gasteiger partial charge on any atom is 0.275 e. The number of nitrogens with zero attached hydrogens (tertiary/aromatic N) is 4. The Kier molecular flexibility index (Phi) is 4.73. The van der Waals surface area contributed by atoms with E-state index >= 15 is 0 Å². The zero-order valence-corrected chi connectivity index (χ0v) is 14.7. The fraction of sp³-hybridized carbons (Fsp3) is 0.353. The summed E-state index contributed by atoms with van der Waals surface area (Å²) >= 11 is 1.40. The highest BCUT2D eigenvalue weighted by Crippen LogP contribution is 2.22. The van der Waals surface area contributed by atoms with Gasteiger partial charge in [-0.3, -0.25) is 9.69 Å². The molecule has 2 aromatic heterocycles. The Bertz CT molecular complexity index is 903. The first-order valence-corrected chi connectivity index (χ1v) is 8.65. The topological polar surface area (TPSA) is 50.5 Å². The van der Waals surface area contributed by atoms with Gasteiger partial charge in [-0.05, 0) is 38.1 Å². The Morgan fingerprint density at radius 3 is 2.71 bits per heavy atom. The number of halogens is 1. The van der Waals surface area contributed by atoms with Gasteiger partial charge < -0.3 is 0 Å². The van der Waals surface area contributed by atoms with Crippen LogP contribution >= 0.6 is 11.3 Å². The van der Waals surface area contributed by atoms with Gasteiger partial charge >= 0.3 is 0 Å². The summed E-state index contributed by atoms with van der Waals surface area (Å²) in [5, 5.41) is 4.96. The standard InChI is InChI=1S/C17H19FN4OS/c1-4-21(11(2)13-5-7-14(18)8-6-13)10-15-9-16(23)22-17(19-15)24-12(3)20-22/h5-9,11H,4,10H2,1-3H3/t11-/m1/s1. The first-order chi connectivity index (χ1) is 11.5. The molecule has 0 aliphatic rings. The number of fused-ring (bicyclic) bond motifs is 1. The van der Waals surface area contributed by atoms with Crippen molar-refractivity contribution < 1.29 is 4.39 Å². The van der Waals surface area contributed by atoms with Gasteiger partial charge in [-0.1, -0.05) is 30.4 Å². The highest BCUT2D eigenvalue weighted by Gasteiger charge is 2.16. The van der Waals surface area contributed by atoms with Crippen molar-refractivity contribution in [3.05, 3.63) is 62.8 Å². The van der Waals surface area contributed by atoms with Crippen molar-refractivity contribution >= 4 is 16.3 Å². The Labute approximate surface area is 143 Å². The van der Waals surface area contributed by atoms with Crippen LogP contribution < -0.4 is 5.56 Å². The van der Waals surface area contributed by atoms with Crippen molar-refractivity contribution in [2.45, 2.75) is 33.4 Å². The molecule has 126 valence electrons. The summed E-state index contributed by atoms with van der Waals surface area (Å²) in [6.07, 6.45) is 0. The maximum absolute atomic E-state index is 13.1. The van der Waals surface area contributed by atoms with Gasteiger partial charge in [0.25, 0.3) is 5.56 Å². The molecule has 1 atom stereocenters. The Hall–Kier alpha value is -2.12. The van der Waals surface area contributed by atoms with Crippen LogP contribution in [0.25, 0.3) is 4.96 Å². The predicted molar refractivity (Wildman–Crippen MR) is 92.8 cm³/mol. The van der Waals surface area contributed by atoms with Gasteiger partial charge in [-0.25, -0.2) is 9.37 Å². The van der Waals surface area contributed by atoms with Crippen LogP contribution in [-0.2, 0) is 6.54 Å². The Morgan fingerprint density at radius 1 is 1.33 bits per heavy atom. The molecule has 1 aromatic carbocycles. The van der Waals surface area contributed by atoms with Crippen LogP contribution in [0.3, 0.4) is 0 Å². The Balaban J connectivity index is 1.87. The van der Waals surface area contributed by atoms with Crippen molar-refractivity contribution in [2.24, 2.45) is 0 Å². The molecule has 24 heavy (non-hydrogen) atoms. The molecule has 7 heteroatoms. The van der Waals surface area contributed by atoms with Crippen molar-refractivity contribution in [3.8, 4) is 0 Å². The monoisotopic (exact) mass is 346 g/mol. The van der Waals surface area contributed by atoms with Crippen LogP contribution in [0.15, 0.2) is 35.1 Å². The number of hydrogen-bond acceptors (Lipinski definition) is 5. The minimum atomic E-state index is -0.241. The van der Waals surface area contributed by atoms with E-state index in [9.17, 15) is 9.18 Å². The molecule has 2 heterocycles. The second-order valence-corrected chi connectivity index (χ2v) is 6.85. The fourth-order valence-electron chi connectivity index (χ4n) is 2.72. The largest absolute Gasteiger partial charge is 0.291 e. The number of benzene rings is 1. The molecule has 0 spiro atoms. The van der Waals surface area contributed by atoms with Gasteiger partial charge in [-0.15, -0.1) is 0 Å². The summed E-state index contributed by atoms with van der Waals surface area (Å²) in [5.41, 5.74) is 1.59. The lowest BCUT2D eigenvalue weighted by atomic mass is 10.1. The van der Waals surface area contributed by atoms with E-state index < -0.39 is 0 Å². The molecular weight excluding hydrogens is 327 g/mol. The molecule has 3 aromatic rings. The molecular formula is C17H19FN4OS. The number of aryl methyl sites for hydroxylation is 1. The highest BCUT2D eigenvalue weighted by molar-refractivity contribution is 7.16. The molecule has 5 nitrogen and oxygen atoms in total. The highest BCUT2D eigenvalue weighted by atomic mass is 32.1. The molecule has 0 radical (unpaired) electrons. The maximum atomic E-state index is 13.1. The first-order valence-electron chi connectivity index (χ1n) is 7.84. The third-order valence-electron chi connectivity index (χ3n) is 4.07. The second-order valence-electron chi connectivity index (χ2n) is 5.69. The summed E-state index contributed by atoms with van der Waals surface area (Å²) in [4.78, 5) is 19.5. The van der Waals surface area contributed by atoms with Crippen LogP contribution in [0, 0.1) is 12.7 Å². The van der Waals surface area contributed by atoms with E-state index in [1.165, 1.54) is 34.1 Å². The van der Waals surface area contributed by atoms with Gasteiger partial charge in [0.2, 0.25) is 4.96 Å². The summed E-state index contributed by atoms with van der Waals surface area (Å²) in [7, 11) is 0.